The number of amides is 1. The molecule has 4 rings (SSSR count). The van der Waals surface area contributed by atoms with Gasteiger partial charge < -0.3 is 15.0 Å². The average molecular weight is 405 g/mol. The van der Waals surface area contributed by atoms with Crippen molar-refractivity contribution < 1.29 is 13.9 Å². The SMILES string of the molecule is O=C(NCC(c1ccc(F)cc1)N1CCOCC1)C1CCCN1c1nccs1. The second-order valence-corrected chi connectivity index (χ2v) is 8.00. The molecule has 2 aliphatic rings. The van der Waals surface area contributed by atoms with Gasteiger partial charge in [0.05, 0.1) is 19.3 Å². The van der Waals surface area contributed by atoms with Crippen molar-refractivity contribution >= 4 is 22.4 Å². The third kappa shape index (κ3) is 4.34. The van der Waals surface area contributed by atoms with E-state index >= 15 is 0 Å². The lowest BCUT2D eigenvalue weighted by Crippen LogP contribution is -2.48. The highest BCUT2D eigenvalue weighted by Crippen LogP contribution is 2.28. The molecule has 3 heterocycles. The second kappa shape index (κ2) is 8.98. The second-order valence-electron chi connectivity index (χ2n) is 7.13. The van der Waals surface area contributed by atoms with E-state index in [1.807, 2.05) is 5.38 Å². The molecule has 0 aliphatic carbocycles. The molecule has 2 atom stereocenters. The van der Waals surface area contributed by atoms with Crippen molar-refractivity contribution in [3.63, 3.8) is 0 Å². The van der Waals surface area contributed by atoms with Crippen LogP contribution < -0.4 is 10.2 Å². The van der Waals surface area contributed by atoms with Gasteiger partial charge in [0, 0.05) is 37.8 Å². The van der Waals surface area contributed by atoms with E-state index < -0.39 is 0 Å². The Balaban J connectivity index is 1.44. The van der Waals surface area contributed by atoms with Crippen molar-refractivity contribution in [1.29, 1.82) is 0 Å². The summed E-state index contributed by atoms with van der Waals surface area (Å²) < 4.78 is 18.8. The minimum Gasteiger partial charge on any atom is -0.379 e. The Hall–Kier alpha value is -2.03. The number of thiazole rings is 1. The van der Waals surface area contributed by atoms with Gasteiger partial charge in [0.15, 0.2) is 5.13 Å². The van der Waals surface area contributed by atoms with Crippen LogP contribution in [0.15, 0.2) is 35.8 Å². The van der Waals surface area contributed by atoms with Gasteiger partial charge in [-0.25, -0.2) is 9.37 Å². The van der Waals surface area contributed by atoms with Crippen LogP contribution in [0.1, 0.15) is 24.4 Å². The molecule has 2 aliphatic heterocycles. The molecular weight excluding hydrogens is 379 g/mol. The number of benzene rings is 1. The summed E-state index contributed by atoms with van der Waals surface area (Å²) in [7, 11) is 0. The first-order chi connectivity index (χ1) is 13.7. The lowest BCUT2D eigenvalue weighted by molar-refractivity contribution is -0.122. The molecule has 2 aromatic rings. The molecule has 2 saturated heterocycles. The van der Waals surface area contributed by atoms with Crippen LogP contribution in [0.3, 0.4) is 0 Å². The van der Waals surface area contributed by atoms with E-state index in [1.165, 1.54) is 12.1 Å². The van der Waals surface area contributed by atoms with Gasteiger partial charge in [-0.05, 0) is 30.5 Å². The largest absolute Gasteiger partial charge is 0.379 e. The van der Waals surface area contributed by atoms with E-state index in [1.54, 1.807) is 29.7 Å². The summed E-state index contributed by atoms with van der Waals surface area (Å²) in [4.78, 5) is 21.7. The standard InChI is InChI=1S/C20H25FN4O2S/c21-16-5-3-15(4-6-16)18(24-9-11-27-12-10-24)14-23-19(26)17-2-1-8-25(17)20-22-7-13-28-20/h3-7,13,17-18H,1-2,8-12,14H2,(H,23,26). The maximum absolute atomic E-state index is 13.4. The molecule has 0 bridgehead atoms. The highest BCUT2D eigenvalue weighted by atomic mass is 32.1. The third-order valence-corrected chi connectivity index (χ3v) is 6.24. The number of nitrogens with zero attached hydrogens (tertiary/aromatic N) is 3. The highest BCUT2D eigenvalue weighted by Gasteiger charge is 2.33. The first-order valence-electron chi connectivity index (χ1n) is 9.73. The summed E-state index contributed by atoms with van der Waals surface area (Å²) in [5.41, 5.74) is 1.01. The van der Waals surface area contributed by atoms with E-state index in [0.29, 0.717) is 19.8 Å². The Labute approximate surface area is 168 Å². The fourth-order valence-electron chi connectivity index (χ4n) is 3.97. The molecule has 0 saturated carbocycles. The molecule has 1 N–H and O–H groups in total. The van der Waals surface area contributed by atoms with Gasteiger partial charge in [0.1, 0.15) is 11.9 Å². The van der Waals surface area contributed by atoms with E-state index in [9.17, 15) is 9.18 Å². The number of nitrogens with one attached hydrogen (secondary N) is 1. The smallest absolute Gasteiger partial charge is 0.242 e. The topological polar surface area (TPSA) is 57.7 Å². The number of rotatable bonds is 6. The zero-order chi connectivity index (χ0) is 19.3. The summed E-state index contributed by atoms with van der Waals surface area (Å²) in [6.45, 7) is 4.29. The van der Waals surface area contributed by atoms with Crippen LogP contribution in [-0.2, 0) is 9.53 Å². The fourth-order valence-corrected chi connectivity index (χ4v) is 4.69. The van der Waals surface area contributed by atoms with E-state index in [0.717, 1.165) is 43.2 Å². The van der Waals surface area contributed by atoms with Crippen molar-refractivity contribution in [2.45, 2.75) is 24.9 Å². The van der Waals surface area contributed by atoms with Gasteiger partial charge in [0.25, 0.3) is 0 Å². The molecule has 6 nitrogen and oxygen atoms in total. The van der Waals surface area contributed by atoms with Crippen molar-refractivity contribution in [3.8, 4) is 0 Å². The zero-order valence-corrected chi connectivity index (χ0v) is 16.5. The summed E-state index contributed by atoms with van der Waals surface area (Å²) in [5, 5.41) is 5.99. The van der Waals surface area contributed by atoms with Gasteiger partial charge in [-0.15, -0.1) is 11.3 Å². The number of morpholine rings is 1. The number of ether oxygens (including phenoxy) is 1. The molecule has 1 aromatic carbocycles. The predicted molar refractivity (Wildman–Crippen MR) is 107 cm³/mol. The molecule has 1 amide bonds. The predicted octanol–water partition coefficient (Wildman–Crippen LogP) is 2.44. The van der Waals surface area contributed by atoms with Crippen LogP contribution in [0.2, 0.25) is 0 Å². The number of carbonyl (C=O) groups excluding carboxylic acids is 1. The van der Waals surface area contributed by atoms with Gasteiger partial charge >= 0.3 is 0 Å². The van der Waals surface area contributed by atoms with E-state index in [-0.39, 0.29) is 23.8 Å². The molecule has 150 valence electrons. The molecule has 8 heteroatoms. The average Bonchev–Trinajstić information content (AvgIpc) is 3.41. The minimum atomic E-state index is -0.251. The number of aromatic nitrogens is 1. The molecule has 2 fully saturated rings. The van der Waals surface area contributed by atoms with Gasteiger partial charge in [-0.3, -0.25) is 9.69 Å². The van der Waals surface area contributed by atoms with Crippen LogP contribution >= 0.6 is 11.3 Å². The zero-order valence-electron chi connectivity index (χ0n) is 15.7. The summed E-state index contributed by atoms with van der Waals surface area (Å²) >= 11 is 1.56. The Kier molecular flexibility index (Phi) is 6.19. The van der Waals surface area contributed by atoms with Crippen molar-refractivity contribution in [3.05, 3.63) is 47.2 Å². The number of hydrogen-bond acceptors (Lipinski definition) is 6. The third-order valence-electron chi connectivity index (χ3n) is 5.43. The van der Waals surface area contributed by atoms with Crippen LogP contribution in [0, 0.1) is 5.82 Å². The van der Waals surface area contributed by atoms with Crippen LogP contribution in [0.4, 0.5) is 9.52 Å². The molecule has 28 heavy (non-hydrogen) atoms. The van der Waals surface area contributed by atoms with E-state index in [4.69, 9.17) is 4.74 Å². The summed E-state index contributed by atoms with van der Waals surface area (Å²) in [6.07, 6.45) is 3.60. The Morgan fingerprint density at radius 3 is 2.79 bits per heavy atom. The molecule has 1 aromatic heterocycles. The maximum Gasteiger partial charge on any atom is 0.242 e. The highest BCUT2D eigenvalue weighted by molar-refractivity contribution is 7.13. The molecule has 0 radical (unpaired) electrons. The van der Waals surface area contributed by atoms with Gasteiger partial charge in [-0.1, -0.05) is 12.1 Å². The Bertz CT molecular complexity index is 765. The monoisotopic (exact) mass is 404 g/mol. The Morgan fingerprint density at radius 1 is 1.29 bits per heavy atom. The number of anilines is 1. The van der Waals surface area contributed by atoms with Crippen LogP contribution in [-0.4, -0.2) is 61.2 Å². The first-order valence-corrected chi connectivity index (χ1v) is 10.6. The normalized spacial score (nSPS) is 21.6. The van der Waals surface area contributed by atoms with Crippen LogP contribution in [0.5, 0.6) is 0 Å². The van der Waals surface area contributed by atoms with Gasteiger partial charge in [0.2, 0.25) is 5.91 Å². The molecule has 2 unspecified atom stereocenters. The molecular formula is C20H25FN4O2S. The number of carbonyl (C=O) groups is 1. The lowest BCUT2D eigenvalue weighted by atomic mass is 10.0. The van der Waals surface area contributed by atoms with Crippen molar-refractivity contribution in [2.75, 3.05) is 44.3 Å². The Morgan fingerprint density at radius 2 is 2.07 bits per heavy atom. The quantitative estimate of drug-likeness (QED) is 0.802. The maximum atomic E-state index is 13.4. The van der Waals surface area contributed by atoms with Crippen molar-refractivity contribution in [1.82, 2.24) is 15.2 Å². The number of halogens is 1. The minimum absolute atomic E-state index is 0.00293. The molecule has 0 spiro atoms. The summed E-state index contributed by atoms with van der Waals surface area (Å²) in [6, 6.07) is 6.39. The lowest BCUT2D eigenvalue weighted by Gasteiger charge is -2.35. The fraction of sp³-hybridized carbons (Fsp3) is 0.500. The summed E-state index contributed by atoms with van der Waals surface area (Å²) in [5.74, 6) is -0.216. The van der Waals surface area contributed by atoms with E-state index in [2.05, 4.69) is 20.1 Å². The van der Waals surface area contributed by atoms with Gasteiger partial charge in [-0.2, -0.15) is 0 Å². The first kappa shape index (κ1) is 19.3. The number of hydrogen-bond donors (Lipinski definition) is 1. The van der Waals surface area contributed by atoms with Crippen molar-refractivity contribution in [2.24, 2.45) is 0 Å². The van der Waals surface area contributed by atoms with Crippen LogP contribution in [0.25, 0.3) is 0 Å².